The Labute approximate surface area is 181 Å². The third kappa shape index (κ3) is 6.77. The van der Waals surface area contributed by atoms with E-state index >= 15 is 0 Å². The molecule has 0 bridgehead atoms. The zero-order chi connectivity index (χ0) is 22.1. The number of carbonyl (C=O) groups is 2. The highest BCUT2D eigenvalue weighted by molar-refractivity contribution is 6.32. The Bertz CT molecular complexity index is 943. The topological polar surface area (TPSA) is 86.2 Å². The predicted molar refractivity (Wildman–Crippen MR) is 115 cm³/mol. The van der Waals surface area contributed by atoms with Crippen LogP contribution < -0.4 is 14.9 Å². The van der Waals surface area contributed by atoms with Crippen molar-refractivity contribution in [1.82, 2.24) is 5.43 Å². The highest BCUT2D eigenvalue weighted by Crippen LogP contribution is 2.36. The minimum atomic E-state index is -0.507. The molecular weight excluding hydrogens is 408 g/mol. The van der Waals surface area contributed by atoms with E-state index in [9.17, 15) is 9.59 Å². The van der Waals surface area contributed by atoms with Crippen LogP contribution in [-0.2, 0) is 20.7 Å². The average molecular weight is 433 g/mol. The van der Waals surface area contributed by atoms with E-state index in [4.69, 9.17) is 25.8 Å². The molecule has 30 heavy (non-hydrogen) atoms. The van der Waals surface area contributed by atoms with Crippen LogP contribution in [0, 0.1) is 13.8 Å². The highest BCUT2D eigenvalue weighted by Gasteiger charge is 2.14. The van der Waals surface area contributed by atoms with Crippen LogP contribution in [0.4, 0.5) is 0 Å². The van der Waals surface area contributed by atoms with E-state index in [0.29, 0.717) is 11.3 Å². The maximum atomic E-state index is 12.1. The van der Waals surface area contributed by atoms with Crippen LogP contribution in [-0.4, -0.2) is 38.4 Å². The number of hydrazone groups is 1. The normalized spacial score (nSPS) is 10.7. The average Bonchev–Trinajstić information content (AvgIpc) is 2.69. The first-order chi connectivity index (χ1) is 14.3. The first-order valence-electron chi connectivity index (χ1n) is 9.38. The van der Waals surface area contributed by atoms with Gasteiger partial charge in [0.15, 0.2) is 18.1 Å². The standard InChI is InChI=1S/C22H25ClN2O5/c1-5-29-21(27)13-30-22-18(23)9-16(10-19(22)28-4)12-24-25-20(26)11-17-7-6-14(2)8-15(17)3/h6-10,12H,5,11,13H2,1-4H3,(H,25,26)/b24-12-. The molecule has 0 spiro atoms. The molecule has 0 heterocycles. The minimum Gasteiger partial charge on any atom is -0.493 e. The Hall–Kier alpha value is -3.06. The van der Waals surface area contributed by atoms with Gasteiger partial charge in [0.1, 0.15) is 0 Å². The molecule has 1 N–H and O–H groups in total. The Morgan fingerprint density at radius 1 is 1.20 bits per heavy atom. The molecule has 7 nitrogen and oxygen atoms in total. The molecule has 0 saturated heterocycles. The number of rotatable bonds is 9. The van der Waals surface area contributed by atoms with E-state index in [1.807, 2.05) is 32.0 Å². The summed E-state index contributed by atoms with van der Waals surface area (Å²) in [5.74, 6) is -0.184. The number of amides is 1. The van der Waals surface area contributed by atoms with Crippen molar-refractivity contribution >= 4 is 29.7 Å². The van der Waals surface area contributed by atoms with Gasteiger partial charge >= 0.3 is 5.97 Å². The maximum absolute atomic E-state index is 12.1. The summed E-state index contributed by atoms with van der Waals surface area (Å²) in [5, 5.41) is 4.21. The molecule has 0 saturated carbocycles. The van der Waals surface area contributed by atoms with Gasteiger partial charge in [-0.15, -0.1) is 0 Å². The molecule has 8 heteroatoms. The van der Waals surface area contributed by atoms with Gasteiger partial charge in [0.2, 0.25) is 5.91 Å². The van der Waals surface area contributed by atoms with Crippen molar-refractivity contribution in [2.24, 2.45) is 5.10 Å². The third-order valence-electron chi connectivity index (χ3n) is 4.14. The van der Waals surface area contributed by atoms with E-state index in [2.05, 4.69) is 10.5 Å². The van der Waals surface area contributed by atoms with Gasteiger partial charge in [0.05, 0.1) is 31.4 Å². The van der Waals surface area contributed by atoms with Crippen LogP contribution in [0.1, 0.15) is 29.2 Å². The van der Waals surface area contributed by atoms with E-state index in [0.717, 1.165) is 16.7 Å². The number of methoxy groups -OCH3 is 1. The van der Waals surface area contributed by atoms with Gasteiger partial charge in [0.25, 0.3) is 0 Å². The lowest BCUT2D eigenvalue weighted by Gasteiger charge is -2.12. The van der Waals surface area contributed by atoms with Crippen molar-refractivity contribution in [3.63, 3.8) is 0 Å². The van der Waals surface area contributed by atoms with Crippen LogP contribution in [0.2, 0.25) is 5.02 Å². The molecule has 160 valence electrons. The van der Waals surface area contributed by atoms with Crippen molar-refractivity contribution in [3.05, 3.63) is 57.6 Å². The number of benzene rings is 2. The fraction of sp³-hybridized carbons (Fsp3) is 0.318. The van der Waals surface area contributed by atoms with E-state index in [-0.39, 0.29) is 36.3 Å². The molecule has 2 rings (SSSR count). The van der Waals surface area contributed by atoms with Gasteiger partial charge in [-0.25, -0.2) is 10.2 Å². The molecule has 0 aliphatic rings. The largest absolute Gasteiger partial charge is 0.493 e. The SMILES string of the molecule is CCOC(=O)COc1c(Cl)cc(/C=N\NC(=O)Cc2ccc(C)cc2C)cc1OC. The number of nitrogens with one attached hydrogen (secondary N) is 1. The molecule has 2 aromatic rings. The van der Waals surface area contributed by atoms with Crippen molar-refractivity contribution in [1.29, 1.82) is 0 Å². The Balaban J connectivity index is 2.01. The van der Waals surface area contributed by atoms with E-state index in [1.54, 1.807) is 19.1 Å². The summed E-state index contributed by atoms with van der Waals surface area (Å²) in [6.07, 6.45) is 1.68. The second-order valence-electron chi connectivity index (χ2n) is 6.53. The van der Waals surface area contributed by atoms with Crippen molar-refractivity contribution in [2.75, 3.05) is 20.3 Å². The molecule has 0 aliphatic heterocycles. The molecule has 0 atom stereocenters. The van der Waals surface area contributed by atoms with Gasteiger partial charge in [-0.2, -0.15) is 5.10 Å². The fourth-order valence-corrected chi connectivity index (χ4v) is 3.00. The number of carbonyl (C=O) groups excluding carboxylic acids is 2. The van der Waals surface area contributed by atoms with E-state index in [1.165, 1.54) is 13.3 Å². The summed E-state index contributed by atoms with van der Waals surface area (Å²) in [6.45, 7) is 5.66. The number of esters is 1. The zero-order valence-electron chi connectivity index (χ0n) is 17.5. The Morgan fingerprint density at radius 2 is 1.97 bits per heavy atom. The van der Waals surface area contributed by atoms with Crippen molar-refractivity contribution < 1.29 is 23.8 Å². The first-order valence-corrected chi connectivity index (χ1v) is 9.75. The first kappa shape index (κ1) is 23.2. The second kappa shape index (κ2) is 11.2. The Morgan fingerprint density at radius 3 is 2.63 bits per heavy atom. The number of ether oxygens (including phenoxy) is 3. The monoisotopic (exact) mass is 432 g/mol. The third-order valence-corrected chi connectivity index (χ3v) is 4.42. The molecule has 0 radical (unpaired) electrons. The lowest BCUT2D eigenvalue weighted by molar-refractivity contribution is -0.145. The lowest BCUT2D eigenvalue weighted by Crippen LogP contribution is -2.20. The molecule has 0 unspecified atom stereocenters. The van der Waals surface area contributed by atoms with Crippen LogP contribution in [0.5, 0.6) is 11.5 Å². The number of hydrogen-bond acceptors (Lipinski definition) is 6. The number of aryl methyl sites for hydroxylation is 2. The number of nitrogens with zero attached hydrogens (tertiary/aromatic N) is 1. The minimum absolute atomic E-state index is 0.225. The molecule has 0 fully saturated rings. The molecule has 2 aromatic carbocycles. The van der Waals surface area contributed by atoms with Gasteiger partial charge in [-0.3, -0.25) is 4.79 Å². The quantitative estimate of drug-likeness (QED) is 0.371. The van der Waals surface area contributed by atoms with E-state index < -0.39 is 5.97 Å². The van der Waals surface area contributed by atoms with Crippen LogP contribution in [0.3, 0.4) is 0 Å². The van der Waals surface area contributed by atoms with Gasteiger partial charge in [0, 0.05) is 0 Å². The lowest BCUT2D eigenvalue weighted by atomic mass is 10.0. The van der Waals surface area contributed by atoms with Crippen molar-refractivity contribution in [3.8, 4) is 11.5 Å². The second-order valence-corrected chi connectivity index (χ2v) is 6.93. The van der Waals surface area contributed by atoms with Crippen LogP contribution in [0.15, 0.2) is 35.4 Å². The Kier molecular flexibility index (Phi) is 8.68. The summed E-state index contributed by atoms with van der Waals surface area (Å²) in [5.41, 5.74) is 6.24. The smallest absolute Gasteiger partial charge is 0.344 e. The molecular formula is C22H25ClN2O5. The van der Waals surface area contributed by atoms with Crippen molar-refractivity contribution in [2.45, 2.75) is 27.2 Å². The van der Waals surface area contributed by atoms with Crippen LogP contribution >= 0.6 is 11.6 Å². The number of halogens is 1. The van der Waals surface area contributed by atoms with Crippen LogP contribution in [0.25, 0.3) is 0 Å². The maximum Gasteiger partial charge on any atom is 0.344 e. The van der Waals surface area contributed by atoms with Gasteiger partial charge in [-0.05, 0) is 49.6 Å². The summed E-state index contributed by atoms with van der Waals surface area (Å²) in [4.78, 5) is 23.6. The number of hydrogen-bond donors (Lipinski definition) is 1. The highest BCUT2D eigenvalue weighted by atomic mass is 35.5. The molecule has 1 amide bonds. The zero-order valence-corrected chi connectivity index (χ0v) is 18.2. The fourth-order valence-electron chi connectivity index (χ4n) is 2.72. The predicted octanol–water partition coefficient (Wildman–Crippen LogP) is 3.60. The van der Waals surface area contributed by atoms with Gasteiger partial charge < -0.3 is 14.2 Å². The molecule has 0 aliphatic carbocycles. The van der Waals surface area contributed by atoms with Gasteiger partial charge in [-0.1, -0.05) is 35.4 Å². The molecule has 0 aromatic heterocycles. The summed E-state index contributed by atoms with van der Waals surface area (Å²) in [7, 11) is 1.45. The summed E-state index contributed by atoms with van der Waals surface area (Å²) < 4.78 is 15.5. The summed E-state index contributed by atoms with van der Waals surface area (Å²) >= 11 is 6.25. The summed E-state index contributed by atoms with van der Waals surface area (Å²) in [6, 6.07) is 9.16.